The van der Waals surface area contributed by atoms with Crippen LogP contribution in [-0.2, 0) is 65.5 Å². The molecule has 0 aliphatic rings. The summed E-state index contributed by atoms with van der Waals surface area (Å²) in [4.78, 5) is 37.8. The maximum Gasteiger partial charge on any atom is 0.416 e. The fraction of sp³-hybridized carbons (Fsp3) is 0.213. The van der Waals surface area contributed by atoms with E-state index in [2.05, 4.69) is 9.72 Å². The molecule has 0 aliphatic carbocycles. The summed E-state index contributed by atoms with van der Waals surface area (Å²) in [6.45, 7) is -0.704. The van der Waals surface area contributed by atoms with Crippen LogP contribution in [0.2, 0.25) is 0 Å². The van der Waals surface area contributed by atoms with Crippen molar-refractivity contribution in [3.8, 4) is 0 Å². The van der Waals surface area contributed by atoms with Crippen molar-refractivity contribution in [1.82, 2.24) is 4.98 Å². The van der Waals surface area contributed by atoms with Crippen molar-refractivity contribution in [1.29, 1.82) is 0 Å². The minimum Gasteiger partial charge on any atom is -0.479 e. The lowest BCUT2D eigenvalue weighted by atomic mass is 9.12. The number of hydrogen-bond donors (Lipinski definition) is 1. The molecule has 1 N–H and O–H groups in total. The molecule has 0 aliphatic heterocycles. The minimum atomic E-state index is -6.13. The van der Waals surface area contributed by atoms with Crippen LogP contribution in [0.5, 0.6) is 0 Å². The molecule has 0 radical (unpaired) electrons. The number of benzene rings is 5. The molecule has 6 rings (SSSR count). The summed E-state index contributed by atoms with van der Waals surface area (Å²) in [7, 11) is 0. The Morgan fingerprint density at radius 3 is 0.975 bits per heavy atom. The maximum atomic E-state index is 14.2. The molecule has 0 bridgehead atoms. The Balaban J connectivity index is 0.000000433. The zero-order chi connectivity index (χ0) is 59.9. The molecule has 1 heterocycles. The van der Waals surface area contributed by atoms with Gasteiger partial charge in [0, 0.05) is 5.56 Å². The number of carbonyl (C=O) groups is 3. The number of aliphatic carboxylic acids is 1. The van der Waals surface area contributed by atoms with Gasteiger partial charge in [-0.1, -0.05) is 78.9 Å². The molecule has 7 nitrogen and oxygen atoms in total. The van der Waals surface area contributed by atoms with Crippen LogP contribution in [0.4, 0.5) is 105 Å². The lowest BCUT2D eigenvalue weighted by Crippen LogP contribution is -2.75. The van der Waals surface area contributed by atoms with Crippen molar-refractivity contribution in [3.05, 3.63) is 177 Å². The first-order valence-electron chi connectivity index (χ1n) is 21.0. The number of hydrogen-bond acceptors (Lipinski definition) is 5. The number of Topliss-reactive ketones (excluding diaryl/α,β-unsaturated/α-hetero) is 1. The molecule has 424 valence electrons. The van der Waals surface area contributed by atoms with Crippen molar-refractivity contribution in [2.45, 2.75) is 56.0 Å². The van der Waals surface area contributed by atoms with Gasteiger partial charge in [0.1, 0.15) is 6.15 Å². The zero-order valence-electron chi connectivity index (χ0n) is 38.1. The van der Waals surface area contributed by atoms with Gasteiger partial charge in [-0.15, -0.1) is 0 Å². The van der Waals surface area contributed by atoms with Gasteiger partial charge in [-0.05, 0) is 24.3 Å². The molecule has 6 aromatic rings. The summed E-state index contributed by atoms with van der Waals surface area (Å²) in [5, 5.41) is 8.46. The van der Waals surface area contributed by atoms with E-state index >= 15 is 0 Å². The third-order valence-electron chi connectivity index (χ3n) is 11.2. The van der Waals surface area contributed by atoms with Crippen molar-refractivity contribution in [3.63, 3.8) is 0 Å². The van der Waals surface area contributed by atoms with Crippen LogP contribution in [0.3, 0.4) is 0 Å². The highest BCUT2D eigenvalue weighted by molar-refractivity contribution is 7.20. The SMILES string of the molecule is FC(F)(F)c1cc([B-](c2cc(C(F)(F)F)cc(C(F)(F)F)c2)(c2cc(C(F)(F)F)cc(C(F)(F)F)c2)c2cc(C(F)(F)F)cc(C(F)(F)F)c2)cc(C(F)(F)F)c1.O=C(O)COC(=O)c1c[n+](CC(=O)c2ccccc2)ccn1. The lowest BCUT2D eigenvalue weighted by Gasteiger charge is -2.46. The van der Waals surface area contributed by atoms with E-state index in [1.54, 1.807) is 24.3 Å². The van der Waals surface area contributed by atoms with Crippen LogP contribution in [-0.4, -0.2) is 40.6 Å². The Kier molecular flexibility index (Phi) is 17.1. The first-order valence-corrected chi connectivity index (χ1v) is 21.0. The molecule has 0 atom stereocenters. The molecule has 0 spiro atoms. The van der Waals surface area contributed by atoms with Crippen molar-refractivity contribution >= 4 is 45.7 Å². The van der Waals surface area contributed by atoms with E-state index in [0.717, 1.165) is 0 Å². The van der Waals surface area contributed by atoms with E-state index in [0.29, 0.717) is 5.56 Å². The van der Waals surface area contributed by atoms with Crippen molar-refractivity contribution < 1.29 is 134 Å². The number of halogens is 24. The number of carboxylic acids is 1. The molecular weight excluding hydrogens is 1140 g/mol. The number of aromatic nitrogens is 2. The highest BCUT2D eigenvalue weighted by Crippen LogP contribution is 2.41. The molecule has 79 heavy (non-hydrogen) atoms. The molecule has 1 aromatic heterocycles. The number of rotatable bonds is 10. The van der Waals surface area contributed by atoms with Gasteiger partial charge in [0.15, 0.2) is 12.8 Å². The van der Waals surface area contributed by atoms with Gasteiger partial charge in [0.25, 0.3) is 0 Å². The van der Waals surface area contributed by atoms with E-state index in [9.17, 15) is 120 Å². The van der Waals surface area contributed by atoms with E-state index in [1.807, 2.05) is 6.07 Å². The fourth-order valence-corrected chi connectivity index (χ4v) is 7.79. The van der Waals surface area contributed by atoms with Crippen LogP contribution >= 0.6 is 0 Å². The lowest BCUT2D eigenvalue weighted by molar-refractivity contribution is -0.683. The molecule has 0 saturated heterocycles. The second kappa shape index (κ2) is 21.8. The number of carboxylic acid groups (broad SMARTS) is 1. The summed E-state index contributed by atoms with van der Waals surface area (Å²) in [6, 6.07) is -0.0708. The number of esters is 1. The average Bonchev–Trinajstić information content (AvgIpc) is 3.51. The molecule has 0 saturated carbocycles. The number of ketones is 1. The molecule has 32 heteroatoms. The molecular formula is C47H25BF24N2O5. The molecule has 5 aromatic carbocycles. The van der Waals surface area contributed by atoms with Crippen molar-refractivity contribution in [2.75, 3.05) is 6.61 Å². The Morgan fingerprint density at radius 2 is 0.722 bits per heavy atom. The Hall–Kier alpha value is -7.83. The molecule has 0 unspecified atom stereocenters. The minimum absolute atomic E-state index is 0.0335. The monoisotopic (exact) mass is 1160 g/mol. The van der Waals surface area contributed by atoms with Crippen LogP contribution in [0.25, 0.3) is 0 Å². The highest BCUT2D eigenvalue weighted by atomic mass is 19.4. The first kappa shape index (κ1) is 62.0. The van der Waals surface area contributed by atoms with Gasteiger partial charge in [-0.3, -0.25) is 4.79 Å². The largest absolute Gasteiger partial charge is 0.479 e. The Labute approximate surface area is 424 Å². The van der Waals surface area contributed by atoms with Crippen LogP contribution in [0.15, 0.2) is 122 Å². The number of ether oxygens (including phenoxy) is 1. The van der Waals surface area contributed by atoms with Gasteiger partial charge in [0.2, 0.25) is 24.2 Å². The number of alkyl halides is 24. The first-order chi connectivity index (χ1) is 35.8. The Morgan fingerprint density at radius 1 is 0.443 bits per heavy atom. The van der Waals surface area contributed by atoms with Gasteiger partial charge >= 0.3 is 61.3 Å². The highest BCUT2D eigenvalue weighted by Gasteiger charge is 2.47. The quantitative estimate of drug-likeness (QED) is 0.0483. The van der Waals surface area contributed by atoms with E-state index < -0.39 is 213 Å². The van der Waals surface area contributed by atoms with Gasteiger partial charge in [-0.2, -0.15) is 132 Å². The van der Waals surface area contributed by atoms with Gasteiger partial charge in [-0.25, -0.2) is 14.6 Å². The third-order valence-corrected chi connectivity index (χ3v) is 11.2. The normalized spacial score (nSPS) is 13.1. The Bertz CT molecular complexity index is 2790. The smallest absolute Gasteiger partial charge is 0.416 e. The topological polar surface area (TPSA) is 97.4 Å². The van der Waals surface area contributed by atoms with Crippen molar-refractivity contribution in [2.24, 2.45) is 0 Å². The second-order valence-electron chi connectivity index (χ2n) is 16.6. The second-order valence-corrected chi connectivity index (χ2v) is 16.6. The summed E-state index contributed by atoms with van der Waals surface area (Å²) in [6.07, 6.45) is -50.6. The fourth-order valence-electron chi connectivity index (χ4n) is 7.79. The van der Waals surface area contributed by atoms with E-state index in [1.165, 1.54) is 23.2 Å². The third kappa shape index (κ3) is 15.1. The zero-order valence-corrected chi connectivity index (χ0v) is 38.1. The van der Waals surface area contributed by atoms with E-state index in [-0.39, 0.29) is 18.0 Å². The van der Waals surface area contributed by atoms with Crippen LogP contribution < -0.4 is 26.4 Å². The molecule has 0 fully saturated rings. The number of carbonyl (C=O) groups excluding carboxylic acids is 2. The summed E-state index contributed by atoms with van der Waals surface area (Å²) in [5.41, 5.74) is -29.7. The predicted molar refractivity (Wildman–Crippen MR) is 223 cm³/mol. The van der Waals surface area contributed by atoms with Gasteiger partial charge in [0.05, 0.1) is 50.7 Å². The summed E-state index contributed by atoms with van der Waals surface area (Å²) >= 11 is 0. The maximum absolute atomic E-state index is 14.2. The standard InChI is InChI=1S/C32H12BF24.C15H12N2O5/c34-25(35,36)13-1-14(26(37,38)39)6-21(5-13)33(22-7-15(27(40,41)42)2-16(8-22)28(43,44)45,23-9-17(29(46,47)48)3-18(10-23)30(49,50)51)24-11-19(31(52,53)54)4-20(12-24)32(55,56)57;18-13(11-4-2-1-3-5-11)9-17-7-6-16-12(8-17)15(21)22-10-14(19)20/h1-12H;1-8H,9-10H2/q-1;/p+1. The predicted octanol–water partition coefficient (Wildman–Crippen LogP) is 11.7. The van der Waals surface area contributed by atoms with Crippen LogP contribution in [0, 0.1) is 0 Å². The average molecular weight is 1160 g/mol. The van der Waals surface area contributed by atoms with Gasteiger partial charge < -0.3 is 9.84 Å². The molecule has 0 amide bonds. The van der Waals surface area contributed by atoms with E-state index in [4.69, 9.17) is 5.11 Å². The summed E-state index contributed by atoms with van der Waals surface area (Å²) < 4.78 is 347. The number of nitrogens with zero attached hydrogens (tertiary/aromatic N) is 2. The van der Waals surface area contributed by atoms with Crippen LogP contribution in [0.1, 0.15) is 65.4 Å². The summed E-state index contributed by atoms with van der Waals surface area (Å²) in [5.74, 6) is -2.23.